The summed E-state index contributed by atoms with van der Waals surface area (Å²) in [6.45, 7) is -0.0400. The van der Waals surface area contributed by atoms with Crippen molar-refractivity contribution in [2.75, 3.05) is 6.54 Å². The third-order valence-electron chi connectivity index (χ3n) is 1.69. The third-order valence-corrected chi connectivity index (χ3v) is 1.69. The van der Waals surface area contributed by atoms with Gasteiger partial charge in [0, 0.05) is 18.9 Å². The SMILES string of the molecule is NCC(c1ccncc1)C(F)F. The van der Waals surface area contributed by atoms with Gasteiger partial charge in [-0.25, -0.2) is 8.78 Å². The van der Waals surface area contributed by atoms with Crippen LogP contribution in [-0.2, 0) is 0 Å². The molecule has 4 heteroatoms. The molecule has 1 unspecified atom stereocenters. The number of aromatic nitrogens is 1. The fourth-order valence-electron chi connectivity index (χ4n) is 0.995. The maximum absolute atomic E-state index is 12.3. The molecule has 66 valence electrons. The summed E-state index contributed by atoms with van der Waals surface area (Å²) in [4.78, 5) is 3.74. The Kier molecular flexibility index (Phi) is 3.10. The summed E-state index contributed by atoms with van der Waals surface area (Å²) in [5, 5.41) is 0. The zero-order valence-electron chi connectivity index (χ0n) is 6.45. The second kappa shape index (κ2) is 4.11. The molecule has 1 atom stereocenters. The van der Waals surface area contributed by atoms with E-state index in [1.165, 1.54) is 12.4 Å². The maximum Gasteiger partial charge on any atom is 0.246 e. The Morgan fingerprint density at radius 1 is 1.33 bits per heavy atom. The molecule has 0 fully saturated rings. The van der Waals surface area contributed by atoms with Crippen LogP contribution in [0, 0.1) is 0 Å². The topological polar surface area (TPSA) is 38.9 Å². The molecular formula is C8H10F2N2. The molecule has 1 aromatic heterocycles. The van der Waals surface area contributed by atoms with E-state index in [1.54, 1.807) is 12.1 Å². The van der Waals surface area contributed by atoms with E-state index in [9.17, 15) is 8.78 Å². The molecule has 0 aliphatic rings. The number of alkyl halides is 2. The van der Waals surface area contributed by atoms with Gasteiger partial charge in [-0.05, 0) is 17.7 Å². The minimum atomic E-state index is -2.41. The molecule has 0 aliphatic heterocycles. The number of pyridine rings is 1. The Labute approximate surface area is 69.4 Å². The quantitative estimate of drug-likeness (QED) is 0.748. The van der Waals surface area contributed by atoms with Crippen LogP contribution in [0.2, 0.25) is 0 Å². The van der Waals surface area contributed by atoms with Crippen LogP contribution in [0.15, 0.2) is 24.5 Å². The lowest BCUT2D eigenvalue weighted by Crippen LogP contribution is -2.19. The maximum atomic E-state index is 12.3. The molecule has 0 spiro atoms. The van der Waals surface area contributed by atoms with Crippen LogP contribution < -0.4 is 5.73 Å². The van der Waals surface area contributed by atoms with Crippen molar-refractivity contribution in [1.82, 2.24) is 4.98 Å². The van der Waals surface area contributed by atoms with Gasteiger partial charge < -0.3 is 5.73 Å². The molecule has 12 heavy (non-hydrogen) atoms. The van der Waals surface area contributed by atoms with Crippen LogP contribution in [0.25, 0.3) is 0 Å². The van der Waals surface area contributed by atoms with Crippen molar-refractivity contribution in [3.05, 3.63) is 30.1 Å². The van der Waals surface area contributed by atoms with Gasteiger partial charge in [0.1, 0.15) is 0 Å². The van der Waals surface area contributed by atoms with E-state index in [-0.39, 0.29) is 6.54 Å². The van der Waals surface area contributed by atoms with Gasteiger partial charge in [0.2, 0.25) is 6.43 Å². The normalized spacial score (nSPS) is 13.3. The lowest BCUT2D eigenvalue weighted by Gasteiger charge is -2.12. The van der Waals surface area contributed by atoms with Gasteiger partial charge in [0.25, 0.3) is 0 Å². The second-order valence-corrected chi connectivity index (χ2v) is 2.46. The Balaban J connectivity index is 2.80. The minimum absolute atomic E-state index is 0.0400. The molecule has 0 amide bonds. The standard InChI is InChI=1S/C8H10F2N2/c9-8(10)7(5-11)6-1-3-12-4-2-6/h1-4,7-8H,5,11H2. The van der Waals surface area contributed by atoms with E-state index in [1.807, 2.05) is 0 Å². The lowest BCUT2D eigenvalue weighted by molar-refractivity contribution is 0.117. The fourth-order valence-corrected chi connectivity index (χ4v) is 0.995. The zero-order chi connectivity index (χ0) is 8.97. The minimum Gasteiger partial charge on any atom is -0.330 e. The lowest BCUT2D eigenvalue weighted by atomic mass is 10.0. The highest BCUT2D eigenvalue weighted by atomic mass is 19.3. The molecule has 0 radical (unpaired) electrons. The van der Waals surface area contributed by atoms with Gasteiger partial charge in [-0.3, -0.25) is 4.98 Å². The van der Waals surface area contributed by atoms with E-state index >= 15 is 0 Å². The van der Waals surface area contributed by atoms with Gasteiger partial charge in [0.15, 0.2) is 0 Å². The smallest absolute Gasteiger partial charge is 0.246 e. The molecule has 2 N–H and O–H groups in total. The number of halogens is 2. The van der Waals surface area contributed by atoms with Crippen molar-refractivity contribution in [1.29, 1.82) is 0 Å². The molecule has 0 aromatic carbocycles. The van der Waals surface area contributed by atoms with E-state index in [0.717, 1.165) is 0 Å². The van der Waals surface area contributed by atoms with E-state index in [4.69, 9.17) is 5.73 Å². The van der Waals surface area contributed by atoms with E-state index < -0.39 is 12.3 Å². The van der Waals surface area contributed by atoms with Crippen LogP contribution >= 0.6 is 0 Å². The highest BCUT2D eigenvalue weighted by molar-refractivity contribution is 5.16. The van der Waals surface area contributed by atoms with Crippen LogP contribution in [0.4, 0.5) is 8.78 Å². The number of nitrogens with two attached hydrogens (primary N) is 1. The summed E-state index contributed by atoms with van der Waals surface area (Å²) in [7, 11) is 0. The van der Waals surface area contributed by atoms with Crippen molar-refractivity contribution in [2.24, 2.45) is 5.73 Å². The third kappa shape index (κ3) is 1.98. The molecule has 1 aromatic rings. The summed E-state index contributed by atoms with van der Waals surface area (Å²) in [6, 6.07) is 3.12. The molecule has 0 saturated carbocycles. The second-order valence-electron chi connectivity index (χ2n) is 2.46. The largest absolute Gasteiger partial charge is 0.330 e. The Morgan fingerprint density at radius 2 is 1.92 bits per heavy atom. The zero-order valence-corrected chi connectivity index (χ0v) is 6.45. The van der Waals surface area contributed by atoms with Crippen LogP contribution in [0.3, 0.4) is 0 Å². The Morgan fingerprint density at radius 3 is 2.33 bits per heavy atom. The van der Waals surface area contributed by atoms with Gasteiger partial charge >= 0.3 is 0 Å². The Hall–Kier alpha value is -1.03. The highest BCUT2D eigenvalue weighted by Gasteiger charge is 2.19. The predicted octanol–water partition coefficient (Wildman–Crippen LogP) is 1.39. The molecule has 1 heterocycles. The van der Waals surface area contributed by atoms with Crippen LogP contribution in [-0.4, -0.2) is 18.0 Å². The van der Waals surface area contributed by atoms with E-state index in [0.29, 0.717) is 5.56 Å². The van der Waals surface area contributed by atoms with Crippen LogP contribution in [0.1, 0.15) is 11.5 Å². The first kappa shape index (κ1) is 9.06. The summed E-state index contributed by atoms with van der Waals surface area (Å²) < 4.78 is 24.6. The molecular weight excluding hydrogens is 162 g/mol. The summed E-state index contributed by atoms with van der Waals surface area (Å²) >= 11 is 0. The predicted molar refractivity (Wildman–Crippen MR) is 42.0 cm³/mol. The number of rotatable bonds is 3. The highest BCUT2D eigenvalue weighted by Crippen LogP contribution is 2.20. The monoisotopic (exact) mass is 172 g/mol. The molecule has 0 bridgehead atoms. The molecule has 0 saturated heterocycles. The van der Waals surface area contributed by atoms with Gasteiger partial charge in [0.05, 0.1) is 5.92 Å². The molecule has 1 rings (SSSR count). The van der Waals surface area contributed by atoms with Crippen molar-refractivity contribution in [3.63, 3.8) is 0 Å². The summed E-state index contributed by atoms with van der Waals surface area (Å²) in [5.74, 6) is -0.868. The Bertz CT molecular complexity index is 226. The van der Waals surface area contributed by atoms with E-state index in [2.05, 4.69) is 4.98 Å². The number of hydrogen-bond acceptors (Lipinski definition) is 2. The molecule has 0 aliphatic carbocycles. The van der Waals surface area contributed by atoms with Crippen molar-refractivity contribution >= 4 is 0 Å². The van der Waals surface area contributed by atoms with Gasteiger partial charge in [-0.15, -0.1) is 0 Å². The summed E-state index contributed by atoms with van der Waals surface area (Å²) in [6.07, 6.45) is 0.568. The van der Waals surface area contributed by atoms with Crippen molar-refractivity contribution in [3.8, 4) is 0 Å². The fraction of sp³-hybridized carbons (Fsp3) is 0.375. The number of nitrogens with zero attached hydrogens (tertiary/aromatic N) is 1. The average Bonchev–Trinajstić information content (AvgIpc) is 2.07. The summed E-state index contributed by atoms with van der Waals surface area (Å²) in [5.41, 5.74) is 5.75. The van der Waals surface area contributed by atoms with Crippen molar-refractivity contribution in [2.45, 2.75) is 12.3 Å². The van der Waals surface area contributed by atoms with Gasteiger partial charge in [-0.2, -0.15) is 0 Å². The molecule has 2 nitrogen and oxygen atoms in total. The van der Waals surface area contributed by atoms with Crippen LogP contribution in [0.5, 0.6) is 0 Å². The first-order valence-corrected chi connectivity index (χ1v) is 3.64. The number of hydrogen-bond donors (Lipinski definition) is 1. The average molecular weight is 172 g/mol. The first-order valence-electron chi connectivity index (χ1n) is 3.64. The first-order chi connectivity index (χ1) is 5.75. The van der Waals surface area contributed by atoms with Gasteiger partial charge in [-0.1, -0.05) is 0 Å². The van der Waals surface area contributed by atoms with Crippen molar-refractivity contribution < 1.29 is 8.78 Å².